The molecule has 3 rings (SSSR count). The van der Waals surface area contributed by atoms with E-state index >= 15 is 0 Å². The summed E-state index contributed by atoms with van der Waals surface area (Å²) in [6, 6.07) is 15.7. The smallest absolute Gasteiger partial charge is 0.224 e. The first kappa shape index (κ1) is 13.4. The molecule has 106 valence electrons. The molecular formula is C17H17N3O. The molecule has 0 saturated heterocycles. The fourth-order valence-electron chi connectivity index (χ4n) is 2.28. The Morgan fingerprint density at radius 1 is 1.10 bits per heavy atom. The van der Waals surface area contributed by atoms with Gasteiger partial charge in [0.2, 0.25) is 5.91 Å². The van der Waals surface area contributed by atoms with Crippen LogP contribution in [0.2, 0.25) is 0 Å². The molecule has 21 heavy (non-hydrogen) atoms. The second-order valence-corrected chi connectivity index (χ2v) is 4.96. The van der Waals surface area contributed by atoms with Crippen LogP contribution in [0.1, 0.15) is 11.3 Å². The lowest BCUT2D eigenvalue weighted by molar-refractivity contribution is -0.120. The predicted octanol–water partition coefficient (Wildman–Crippen LogP) is 2.24. The Balaban J connectivity index is 1.50. The Kier molecular flexibility index (Phi) is 3.96. The highest BCUT2D eigenvalue weighted by atomic mass is 16.1. The van der Waals surface area contributed by atoms with Crippen molar-refractivity contribution in [1.29, 1.82) is 0 Å². The molecule has 4 heteroatoms. The lowest BCUT2D eigenvalue weighted by atomic mass is 10.1. The van der Waals surface area contributed by atoms with Gasteiger partial charge < -0.3 is 9.72 Å². The number of carbonyl (C=O) groups excluding carboxylic acids is 1. The highest BCUT2D eigenvalue weighted by Gasteiger charge is 2.04. The second kappa shape index (κ2) is 6.22. The van der Waals surface area contributed by atoms with Crippen molar-refractivity contribution in [2.75, 3.05) is 6.54 Å². The van der Waals surface area contributed by atoms with Crippen LogP contribution in [0.5, 0.6) is 0 Å². The van der Waals surface area contributed by atoms with Crippen LogP contribution < -0.4 is 5.32 Å². The zero-order valence-electron chi connectivity index (χ0n) is 11.7. The van der Waals surface area contributed by atoms with E-state index < -0.39 is 0 Å². The van der Waals surface area contributed by atoms with Gasteiger partial charge >= 0.3 is 0 Å². The van der Waals surface area contributed by atoms with E-state index in [4.69, 9.17) is 0 Å². The third-order valence-electron chi connectivity index (χ3n) is 3.32. The number of rotatable bonds is 5. The first-order chi connectivity index (χ1) is 10.3. The minimum atomic E-state index is 0.0463. The summed E-state index contributed by atoms with van der Waals surface area (Å²) in [6.45, 7) is 0.607. The average Bonchev–Trinajstić information content (AvgIpc) is 2.91. The molecule has 0 radical (unpaired) electrons. The van der Waals surface area contributed by atoms with E-state index in [9.17, 15) is 4.79 Å². The number of benzene rings is 1. The SMILES string of the molecule is O=C(Cc1ccccc1)NCCc1cn2ccccc2n1. The largest absolute Gasteiger partial charge is 0.355 e. The van der Waals surface area contributed by atoms with E-state index in [1.54, 1.807) is 0 Å². The van der Waals surface area contributed by atoms with Crippen molar-refractivity contribution >= 4 is 11.6 Å². The van der Waals surface area contributed by atoms with Gasteiger partial charge in [0.15, 0.2) is 0 Å². The minimum Gasteiger partial charge on any atom is -0.355 e. The van der Waals surface area contributed by atoms with Crippen molar-refractivity contribution in [3.63, 3.8) is 0 Å². The molecule has 0 bridgehead atoms. The number of nitrogens with one attached hydrogen (secondary N) is 1. The van der Waals surface area contributed by atoms with E-state index in [1.807, 2.05) is 65.3 Å². The van der Waals surface area contributed by atoms with Crippen molar-refractivity contribution in [3.05, 3.63) is 72.2 Å². The molecule has 1 aromatic carbocycles. The summed E-state index contributed by atoms with van der Waals surface area (Å²) in [5, 5.41) is 2.94. The van der Waals surface area contributed by atoms with Crippen LogP contribution in [-0.2, 0) is 17.6 Å². The van der Waals surface area contributed by atoms with Crippen LogP contribution >= 0.6 is 0 Å². The van der Waals surface area contributed by atoms with Crippen molar-refractivity contribution in [3.8, 4) is 0 Å². The summed E-state index contributed by atoms with van der Waals surface area (Å²) in [7, 11) is 0. The van der Waals surface area contributed by atoms with Crippen LogP contribution in [0.15, 0.2) is 60.9 Å². The van der Waals surface area contributed by atoms with Gasteiger partial charge in [-0.25, -0.2) is 4.98 Å². The molecule has 2 heterocycles. The fourth-order valence-corrected chi connectivity index (χ4v) is 2.28. The molecule has 0 aliphatic rings. The van der Waals surface area contributed by atoms with Crippen LogP contribution in [0.3, 0.4) is 0 Å². The number of hydrogen-bond donors (Lipinski definition) is 1. The predicted molar refractivity (Wildman–Crippen MR) is 82.1 cm³/mol. The normalized spacial score (nSPS) is 10.7. The molecule has 3 aromatic rings. The Morgan fingerprint density at radius 2 is 1.90 bits per heavy atom. The van der Waals surface area contributed by atoms with Gasteiger partial charge in [0.25, 0.3) is 0 Å². The van der Waals surface area contributed by atoms with Gasteiger partial charge in [0.05, 0.1) is 12.1 Å². The molecule has 0 unspecified atom stereocenters. The summed E-state index contributed by atoms with van der Waals surface area (Å²) in [6.07, 6.45) is 5.13. The Bertz CT molecular complexity index is 701. The molecule has 0 aliphatic heterocycles. The monoisotopic (exact) mass is 279 g/mol. The summed E-state index contributed by atoms with van der Waals surface area (Å²) in [5.41, 5.74) is 2.95. The number of fused-ring (bicyclic) bond motifs is 1. The van der Waals surface area contributed by atoms with Crippen LogP contribution in [0, 0.1) is 0 Å². The number of imidazole rings is 1. The maximum atomic E-state index is 11.8. The molecule has 0 atom stereocenters. The molecule has 4 nitrogen and oxygen atoms in total. The molecular weight excluding hydrogens is 262 g/mol. The summed E-state index contributed by atoms with van der Waals surface area (Å²) >= 11 is 0. The number of pyridine rings is 1. The van der Waals surface area contributed by atoms with Gasteiger partial charge in [0.1, 0.15) is 5.65 Å². The van der Waals surface area contributed by atoms with E-state index in [0.717, 1.165) is 23.3 Å². The van der Waals surface area contributed by atoms with Gasteiger partial charge in [-0.1, -0.05) is 36.4 Å². The van der Waals surface area contributed by atoms with Crippen LogP contribution in [0.25, 0.3) is 5.65 Å². The number of hydrogen-bond acceptors (Lipinski definition) is 2. The van der Waals surface area contributed by atoms with Crippen LogP contribution in [0.4, 0.5) is 0 Å². The average molecular weight is 279 g/mol. The maximum Gasteiger partial charge on any atom is 0.224 e. The van der Waals surface area contributed by atoms with Gasteiger partial charge in [-0.2, -0.15) is 0 Å². The Labute approximate surface area is 123 Å². The van der Waals surface area contributed by atoms with Gasteiger partial charge in [-0.15, -0.1) is 0 Å². The molecule has 0 aliphatic carbocycles. The lowest BCUT2D eigenvalue weighted by Gasteiger charge is -2.03. The third-order valence-corrected chi connectivity index (χ3v) is 3.32. The Morgan fingerprint density at radius 3 is 2.71 bits per heavy atom. The molecule has 1 amide bonds. The summed E-state index contributed by atoms with van der Waals surface area (Å²) < 4.78 is 1.99. The van der Waals surface area contributed by atoms with Crippen molar-refractivity contribution < 1.29 is 4.79 Å². The van der Waals surface area contributed by atoms with Crippen LogP contribution in [-0.4, -0.2) is 21.8 Å². The topological polar surface area (TPSA) is 46.4 Å². The van der Waals surface area contributed by atoms with Crippen molar-refractivity contribution in [2.24, 2.45) is 0 Å². The zero-order chi connectivity index (χ0) is 14.5. The van der Waals surface area contributed by atoms with Gasteiger partial charge in [-0.3, -0.25) is 4.79 Å². The summed E-state index contributed by atoms with van der Waals surface area (Å²) in [5.74, 6) is 0.0463. The number of aromatic nitrogens is 2. The first-order valence-corrected chi connectivity index (χ1v) is 7.04. The summed E-state index contributed by atoms with van der Waals surface area (Å²) in [4.78, 5) is 16.3. The highest BCUT2D eigenvalue weighted by molar-refractivity contribution is 5.78. The third kappa shape index (κ3) is 3.48. The number of nitrogens with zero attached hydrogens (tertiary/aromatic N) is 2. The quantitative estimate of drug-likeness (QED) is 0.778. The van der Waals surface area contributed by atoms with Crippen molar-refractivity contribution in [2.45, 2.75) is 12.8 Å². The fraction of sp³-hybridized carbons (Fsp3) is 0.176. The molecule has 1 N–H and O–H groups in total. The standard InChI is InChI=1S/C17H17N3O/c21-17(12-14-6-2-1-3-7-14)18-10-9-15-13-20-11-5-4-8-16(20)19-15/h1-8,11,13H,9-10,12H2,(H,18,21). The van der Waals surface area contributed by atoms with Gasteiger partial charge in [0, 0.05) is 25.4 Å². The van der Waals surface area contributed by atoms with Gasteiger partial charge in [-0.05, 0) is 17.7 Å². The molecule has 0 fully saturated rings. The molecule has 0 saturated carbocycles. The molecule has 0 spiro atoms. The Hall–Kier alpha value is -2.62. The van der Waals surface area contributed by atoms with E-state index in [-0.39, 0.29) is 5.91 Å². The first-order valence-electron chi connectivity index (χ1n) is 7.04. The second-order valence-electron chi connectivity index (χ2n) is 4.96. The molecule has 2 aromatic heterocycles. The maximum absolute atomic E-state index is 11.8. The lowest BCUT2D eigenvalue weighted by Crippen LogP contribution is -2.27. The zero-order valence-corrected chi connectivity index (χ0v) is 11.7. The number of carbonyl (C=O) groups is 1. The van der Waals surface area contributed by atoms with E-state index in [1.165, 1.54) is 0 Å². The van der Waals surface area contributed by atoms with Crippen molar-refractivity contribution in [1.82, 2.24) is 14.7 Å². The van der Waals surface area contributed by atoms with E-state index in [2.05, 4.69) is 10.3 Å². The minimum absolute atomic E-state index is 0.0463. The number of amides is 1. The van der Waals surface area contributed by atoms with E-state index in [0.29, 0.717) is 13.0 Å². The highest BCUT2D eigenvalue weighted by Crippen LogP contribution is 2.04.